The molecule has 1 aromatic carbocycles. The molecule has 3 nitrogen and oxygen atoms in total. The van der Waals surface area contributed by atoms with Crippen molar-refractivity contribution in [2.75, 3.05) is 0 Å². The highest BCUT2D eigenvalue weighted by Crippen LogP contribution is 2.30. The normalized spacial score (nSPS) is 11.6. The highest BCUT2D eigenvalue weighted by atomic mass is 35.5. The maximum atomic E-state index is 13.5. The number of hydrogen-bond donors (Lipinski definition) is 0. The Morgan fingerprint density at radius 3 is 2.25 bits per heavy atom. The summed E-state index contributed by atoms with van der Waals surface area (Å²) >= 11 is 5.64. The van der Waals surface area contributed by atoms with Crippen LogP contribution in [0.1, 0.15) is 24.2 Å². The van der Waals surface area contributed by atoms with E-state index in [4.69, 9.17) is 16.3 Å². The zero-order chi connectivity index (χ0) is 15.7. The maximum Gasteiger partial charge on any atom is 0.458 e. The second-order valence-corrected chi connectivity index (χ2v) is 4.49. The quantitative estimate of drug-likeness (QED) is 0.485. The lowest BCUT2D eigenvalue weighted by molar-refractivity contribution is -0.165. The standard InChI is InChI=1S/C12H9ClF4O3/c1-5(2)20-9-3-6(8(14)4-7(9)13)10(18)11(19)12(15,16)17/h3-5H,1-2H3. The van der Waals surface area contributed by atoms with Crippen LogP contribution in [0.5, 0.6) is 5.75 Å². The van der Waals surface area contributed by atoms with Crippen molar-refractivity contribution in [2.24, 2.45) is 0 Å². The Bertz CT molecular complexity index is 552. The third kappa shape index (κ3) is 3.69. The number of rotatable bonds is 4. The number of ether oxygens (including phenoxy) is 1. The molecule has 0 radical (unpaired) electrons. The number of alkyl halides is 3. The van der Waals surface area contributed by atoms with Crippen LogP contribution in [-0.4, -0.2) is 23.8 Å². The molecule has 0 spiro atoms. The molecule has 0 saturated heterocycles. The van der Waals surface area contributed by atoms with E-state index in [2.05, 4.69) is 0 Å². The van der Waals surface area contributed by atoms with Crippen LogP contribution in [0.3, 0.4) is 0 Å². The molecule has 0 saturated carbocycles. The van der Waals surface area contributed by atoms with E-state index in [1.807, 2.05) is 0 Å². The molecule has 0 unspecified atom stereocenters. The first kappa shape index (κ1) is 16.4. The molecule has 110 valence electrons. The van der Waals surface area contributed by atoms with E-state index >= 15 is 0 Å². The molecule has 0 aromatic heterocycles. The second-order valence-electron chi connectivity index (χ2n) is 4.09. The molecule has 1 aromatic rings. The van der Waals surface area contributed by atoms with Gasteiger partial charge in [0.1, 0.15) is 11.6 Å². The largest absolute Gasteiger partial charge is 0.489 e. The molecule has 0 aliphatic rings. The average molecular weight is 313 g/mol. The topological polar surface area (TPSA) is 43.4 Å². The summed E-state index contributed by atoms with van der Waals surface area (Å²) in [4.78, 5) is 22.2. The van der Waals surface area contributed by atoms with Gasteiger partial charge in [-0.3, -0.25) is 9.59 Å². The Kier molecular flexibility index (Phi) is 4.75. The molecule has 0 amide bonds. The minimum atomic E-state index is -5.37. The molecule has 1 rings (SSSR count). The predicted octanol–water partition coefficient (Wildman–Crippen LogP) is 3.58. The lowest BCUT2D eigenvalue weighted by atomic mass is 10.1. The third-order valence-electron chi connectivity index (χ3n) is 2.09. The summed E-state index contributed by atoms with van der Waals surface area (Å²) in [6.07, 6.45) is -5.78. The van der Waals surface area contributed by atoms with Gasteiger partial charge in [-0.15, -0.1) is 0 Å². The molecule has 0 bridgehead atoms. The molecular formula is C12H9ClF4O3. The Labute approximate surface area is 116 Å². The summed E-state index contributed by atoms with van der Waals surface area (Å²) in [5, 5.41) is -0.216. The Balaban J connectivity index is 3.25. The van der Waals surface area contributed by atoms with Crippen LogP contribution in [-0.2, 0) is 4.79 Å². The Morgan fingerprint density at radius 2 is 1.80 bits per heavy atom. The van der Waals surface area contributed by atoms with Crippen molar-refractivity contribution in [1.29, 1.82) is 0 Å². The molecular weight excluding hydrogens is 304 g/mol. The number of halogens is 5. The predicted molar refractivity (Wildman–Crippen MR) is 62.6 cm³/mol. The maximum absolute atomic E-state index is 13.5. The van der Waals surface area contributed by atoms with E-state index in [9.17, 15) is 27.2 Å². The van der Waals surface area contributed by atoms with Crippen LogP contribution in [0.15, 0.2) is 12.1 Å². The highest BCUT2D eigenvalue weighted by Gasteiger charge is 2.44. The first-order valence-electron chi connectivity index (χ1n) is 5.35. The number of Topliss-reactive ketones (excluding diaryl/α,β-unsaturated/α-hetero) is 2. The van der Waals surface area contributed by atoms with E-state index in [0.29, 0.717) is 12.1 Å². The van der Waals surface area contributed by atoms with Gasteiger partial charge in [0.25, 0.3) is 0 Å². The van der Waals surface area contributed by atoms with Gasteiger partial charge in [-0.1, -0.05) is 11.6 Å². The molecule has 8 heteroatoms. The number of carbonyl (C=O) groups excluding carboxylic acids is 2. The molecule has 0 heterocycles. The van der Waals surface area contributed by atoms with Crippen LogP contribution in [0, 0.1) is 5.82 Å². The SMILES string of the molecule is CC(C)Oc1cc(C(=O)C(=O)C(F)(F)F)c(F)cc1Cl. The third-order valence-corrected chi connectivity index (χ3v) is 2.39. The van der Waals surface area contributed by atoms with Crippen molar-refractivity contribution >= 4 is 23.2 Å². The molecule has 0 aliphatic heterocycles. The van der Waals surface area contributed by atoms with Crippen molar-refractivity contribution in [3.05, 3.63) is 28.5 Å². The van der Waals surface area contributed by atoms with E-state index in [1.165, 1.54) is 0 Å². The fourth-order valence-corrected chi connectivity index (χ4v) is 1.49. The van der Waals surface area contributed by atoms with Crippen molar-refractivity contribution < 1.29 is 31.9 Å². The summed E-state index contributed by atoms with van der Waals surface area (Å²) in [5.74, 6) is -6.16. The monoisotopic (exact) mass is 312 g/mol. The fraction of sp³-hybridized carbons (Fsp3) is 0.333. The van der Waals surface area contributed by atoms with Gasteiger partial charge in [-0.25, -0.2) is 4.39 Å². The first-order valence-corrected chi connectivity index (χ1v) is 5.73. The highest BCUT2D eigenvalue weighted by molar-refractivity contribution is 6.45. The molecule has 0 atom stereocenters. The molecule has 20 heavy (non-hydrogen) atoms. The van der Waals surface area contributed by atoms with Gasteiger partial charge in [-0.2, -0.15) is 13.2 Å². The Morgan fingerprint density at radius 1 is 1.25 bits per heavy atom. The summed E-state index contributed by atoms with van der Waals surface area (Å²) in [6, 6.07) is 1.31. The number of benzene rings is 1. The van der Waals surface area contributed by atoms with E-state index < -0.39 is 35.2 Å². The first-order chi connectivity index (χ1) is 9.04. The van der Waals surface area contributed by atoms with Gasteiger partial charge in [0.05, 0.1) is 16.7 Å². The van der Waals surface area contributed by atoms with Gasteiger partial charge in [-0.05, 0) is 26.0 Å². The van der Waals surface area contributed by atoms with Gasteiger partial charge in [0.2, 0.25) is 5.78 Å². The van der Waals surface area contributed by atoms with Crippen LogP contribution >= 0.6 is 11.6 Å². The van der Waals surface area contributed by atoms with Crippen LogP contribution in [0.25, 0.3) is 0 Å². The summed E-state index contributed by atoms with van der Waals surface area (Å²) in [6.45, 7) is 3.20. The van der Waals surface area contributed by atoms with Crippen LogP contribution in [0.4, 0.5) is 17.6 Å². The average Bonchev–Trinajstić information content (AvgIpc) is 2.29. The van der Waals surface area contributed by atoms with Crippen LogP contribution in [0.2, 0.25) is 5.02 Å². The van der Waals surface area contributed by atoms with Crippen molar-refractivity contribution in [1.82, 2.24) is 0 Å². The van der Waals surface area contributed by atoms with E-state index in [1.54, 1.807) is 13.8 Å². The van der Waals surface area contributed by atoms with E-state index in [0.717, 1.165) is 0 Å². The summed E-state index contributed by atoms with van der Waals surface area (Å²) in [7, 11) is 0. The molecule has 0 fully saturated rings. The Hall–Kier alpha value is -1.63. The second kappa shape index (κ2) is 5.78. The molecule has 0 aliphatic carbocycles. The molecule has 0 N–H and O–H groups in total. The summed E-state index contributed by atoms with van der Waals surface area (Å²) < 4.78 is 55.1. The van der Waals surface area contributed by atoms with Crippen LogP contribution < -0.4 is 4.74 Å². The van der Waals surface area contributed by atoms with Crippen molar-refractivity contribution in [3.8, 4) is 5.75 Å². The smallest absolute Gasteiger partial charge is 0.458 e. The zero-order valence-electron chi connectivity index (χ0n) is 10.3. The van der Waals surface area contributed by atoms with Gasteiger partial charge < -0.3 is 4.74 Å². The number of hydrogen-bond acceptors (Lipinski definition) is 3. The van der Waals surface area contributed by atoms with Gasteiger partial charge in [0, 0.05) is 0 Å². The van der Waals surface area contributed by atoms with E-state index in [-0.39, 0.29) is 10.8 Å². The lowest BCUT2D eigenvalue weighted by Gasteiger charge is -2.13. The summed E-state index contributed by atoms with van der Waals surface area (Å²) in [5.41, 5.74) is -1.03. The van der Waals surface area contributed by atoms with Crippen molar-refractivity contribution in [3.63, 3.8) is 0 Å². The minimum Gasteiger partial charge on any atom is -0.489 e. The lowest BCUT2D eigenvalue weighted by Crippen LogP contribution is -2.31. The van der Waals surface area contributed by atoms with Gasteiger partial charge >= 0.3 is 12.0 Å². The number of carbonyl (C=O) groups is 2. The fourth-order valence-electron chi connectivity index (χ4n) is 1.30. The minimum absolute atomic E-state index is 0.179. The van der Waals surface area contributed by atoms with Crippen molar-refractivity contribution in [2.45, 2.75) is 26.1 Å². The van der Waals surface area contributed by atoms with Gasteiger partial charge in [0.15, 0.2) is 0 Å². The zero-order valence-corrected chi connectivity index (χ0v) is 11.1. The number of ketones is 2.